The highest BCUT2D eigenvalue weighted by Crippen LogP contribution is 2.30. The number of urea groups is 1. The fourth-order valence-corrected chi connectivity index (χ4v) is 2.76. The molecular weight excluding hydrogens is 338 g/mol. The second-order valence-corrected chi connectivity index (χ2v) is 7.18. The normalized spacial score (nSPS) is 17.0. The number of amides is 3. The Morgan fingerprint density at radius 1 is 1.27 bits per heavy atom. The predicted molar refractivity (Wildman–Crippen MR) is 94.8 cm³/mol. The molecule has 0 unspecified atom stereocenters. The minimum Gasteiger partial charge on any atom is -0.480 e. The molecule has 2 atom stereocenters. The van der Waals surface area contributed by atoms with Crippen LogP contribution >= 0.6 is 0 Å². The summed E-state index contributed by atoms with van der Waals surface area (Å²) in [5.74, 6) is -1.26. The van der Waals surface area contributed by atoms with E-state index in [-0.39, 0.29) is 12.6 Å². The topological polar surface area (TPSA) is 117 Å². The zero-order valence-electron chi connectivity index (χ0n) is 15.2. The Labute approximate surface area is 152 Å². The number of carboxylic acids is 1. The molecule has 0 aliphatic heterocycles. The van der Waals surface area contributed by atoms with Crippen LogP contribution in [-0.4, -0.2) is 41.4 Å². The van der Waals surface area contributed by atoms with Crippen molar-refractivity contribution in [3.05, 3.63) is 35.4 Å². The number of aryl methyl sites for hydroxylation is 1. The van der Waals surface area contributed by atoms with Crippen LogP contribution in [0.25, 0.3) is 0 Å². The van der Waals surface area contributed by atoms with E-state index in [4.69, 9.17) is 4.74 Å². The van der Waals surface area contributed by atoms with E-state index >= 15 is 0 Å². The van der Waals surface area contributed by atoms with Gasteiger partial charge >= 0.3 is 18.1 Å². The highest BCUT2D eigenvalue weighted by molar-refractivity contribution is 5.81. The van der Waals surface area contributed by atoms with E-state index in [1.165, 1.54) is 5.56 Å². The van der Waals surface area contributed by atoms with Gasteiger partial charge in [0.25, 0.3) is 0 Å². The summed E-state index contributed by atoms with van der Waals surface area (Å²) in [6, 6.07) is 6.00. The van der Waals surface area contributed by atoms with E-state index in [2.05, 4.69) is 16.0 Å². The minimum atomic E-state index is -1.29. The van der Waals surface area contributed by atoms with Crippen LogP contribution in [0.15, 0.2) is 24.3 Å². The van der Waals surface area contributed by atoms with Crippen molar-refractivity contribution in [3.63, 3.8) is 0 Å². The number of rotatable bonds is 5. The van der Waals surface area contributed by atoms with Crippen molar-refractivity contribution in [3.8, 4) is 0 Å². The van der Waals surface area contributed by atoms with Gasteiger partial charge in [-0.2, -0.15) is 0 Å². The van der Waals surface area contributed by atoms with E-state index < -0.39 is 29.7 Å². The molecule has 0 saturated carbocycles. The van der Waals surface area contributed by atoms with Crippen LogP contribution in [0.2, 0.25) is 0 Å². The third kappa shape index (κ3) is 5.65. The van der Waals surface area contributed by atoms with E-state index in [0.717, 1.165) is 18.4 Å². The zero-order chi connectivity index (χ0) is 19.3. The third-order valence-electron chi connectivity index (χ3n) is 3.89. The van der Waals surface area contributed by atoms with Crippen molar-refractivity contribution >= 4 is 18.1 Å². The molecule has 1 aliphatic rings. The standard InChI is InChI=1S/C18H25N3O5/c1-18(2,3)26-17(25)21-14(15(22)23)10-19-16(24)20-13-9-8-11-6-4-5-7-12(11)13/h4-7,13-14H,8-10H2,1-3H3,(H,21,25)(H,22,23)(H2,19,20,24)/t13-,14+/m1/s1. The average molecular weight is 363 g/mol. The van der Waals surface area contributed by atoms with Gasteiger partial charge in [-0.15, -0.1) is 0 Å². The van der Waals surface area contributed by atoms with Crippen molar-refractivity contribution in [1.82, 2.24) is 16.0 Å². The first-order valence-corrected chi connectivity index (χ1v) is 8.50. The lowest BCUT2D eigenvalue weighted by Gasteiger charge is -2.22. The summed E-state index contributed by atoms with van der Waals surface area (Å²) in [5, 5.41) is 16.8. The van der Waals surface area contributed by atoms with Crippen LogP contribution in [0.4, 0.5) is 9.59 Å². The van der Waals surface area contributed by atoms with Crippen LogP contribution in [0.5, 0.6) is 0 Å². The number of nitrogens with one attached hydrogen (secondary N) is 3. The summed E-state index contributed by atoms with van der Waals surface area (Å²) < 4.78 is 5.03. The highest BCUT2D eigenvalue weighted by Gasteiger charge is 2.26. The second-order valence-electron chi connectivity index (χ2n) is 7.18. The Balaban J connectivity index is 1.84. The van der Waals surface area contributed by atoms with Crippen LogP contribution in [0.1, 0.15) is 44.4 Å². The lowest BCUT2D eigenvalue weighted by Crippen LogP contribution is -2.51. The number of carboxylic acid groups (broad SMARTS) is 1. The van der Waals surface area contributed by atoms with E-state index in [9.17, 15) is 19.5 Å². The molecule has 1 aliphatic carbocycles. The van der Waals surface area contributed by atoms with Gasteiger partial charge in [0.2, 0.25) is 0 Å². The van der Waals surface area contributed by atoms with Gasteiger partial charge in [-0.1, -0.05) is 24.3 Å². The quantitative estimate of drug-likeness (QED) is 0.638. The number of carbonyl (C=O) groups excluding carboxylic acids is 2. The second kappa shape index (κ2) is 8.07. The molecule has 0 spiro atoms. The largest absolute Gasteiger partial charge is 0.480 e. The first-order valence-electron chi connectivity index (χ1n) is 8.50. The Hall–Kier alpha value is -2.77. The average Bonchev–Trinajstić information content (AvgIpc) is 2.92. The molecule has 2 rings (SSSR count). The summed E-state index contributed by atoms with van der Waals surface area (Å²) in [4.78, 5) is 35.1. The van der Waals surface area contributed by atoms with Gasteiger partial charge in [0, 0.05) is 0 Å². The van der Waals surface area contributed by atoms with Gasteiger partial charge < -0.3 is 25.8 Å². The van der Waals surface area contributed by atoms with Gasteiger partial charge in [-0.25, -0.2) is 14.4 Å². The number of carbonyl (C=O) groups is 3. The lowest BCUT2D eigenvalue weighted by molar-refractivity contribution is -0.139. The number of benzene rings is 1. The monoisotopic (exact) mass is 363 g/mol. The number of fused-ring (bicyclic) bond motifs is 1. The molecule has 4 N–H and O–H groups in total. The number of hydrogen-bond acceptors (Lipinski definition) is 4. The summed E-state index contributed by atoms with van der Waals surface area (Å²) in [6.07, 6.45) is 0.835. The van der Waals surface area contributed by atoms with Crippen LogP contribution < -0.4 is 16.0 Å². The molecule has 8 nitrogen and oxygen atoms in total. The van der Waals surface area contributed by atoms with Crippen LogP contribution in [0, 0.1) is 0 Å². The third-order valence-corrected chi connectivity index (χ3v) is 3.89. The maximum Gasteiger partial charge on any atom is 0.408 e. The van der Waals surface area contributed by atoms with Crippen molar-refractivity contribution in [2.45, 2.75) is 51.3 Å². The molecule has 0 bridgehead atoms. The molecule has 8 heteroatoms. The molecule has 0 saturated heterocycles. The minimum absolute atomic E-state index is 0.103. The fraction of sp³-hybridized carbons (Fsp3) is 0.500. The number of ether oxygens (including phenoxy) is 1. The first-order chi connectivity index (χ1) is 12.2. The zero-order valence-corrected chi connectivity index (χ0v) is 15.2. The molecule has 0 radical (unpaired) electrons. The van der Waals surface area contributed by atoms with Crippen molar-refractivity contribution in [1.29, 1.82) is 0 Å². The molecule has 1 aromatic carbocycles. The van der Waals surface area contributed by atoms with Gasteiger partial charge in [0.1, 0.15) is 11.6 Å². The maximum atomic E-state index is 12.1. The molecule has 26 heavy (non-hydrogen) atoms. The van der Waals surface area contributed by atoms with E-state index in [1.54, 1.807) is 20.8 Å². The van der Waals surface area contributed by atoms with Crippen molar-refractivity contribution in [2.24, 2.45) is 0 Å². The van der Waals surface area contributed by atoms with Gasteiger partial charge in [-0.3, -0.25) is 0 Å². The van der Waals surface area contributed by atoms with Crippen LogP contribution in [0.3, 0.4) is 0 Å². The highest BCUT2D eigenvalue weighted by atomic mass is 16.6. The molecule has 0 aromatic heterocycles. The summed E-state index contributed by atoms with van der Waals surface area (Å²) in [6.45, 7) is 4.77. The maximum absolute atomic E-state index is 12.1. The molecule has 0 heterocycles. The Morgan fingerprint density at radius 2 is 1.96 bits per heavy atom. The molecule has 1 aromatic rings. The lowest BCUT2D eigenvalue weighted by atomic mass is 10.1. The molecule has 0 fully saturated rings. The van der Waals surface area contributed by atoms with Gasteiger partial charge in [0.05, 0.1) is 12.6 Å². The predicted octanol–water partition coefficient (Wildman–Crippen LogP) is 1.95. The summed E-state index contributed by atoms with van der Waals surface area (Å²) in [5.41, 5.74) is 1.53. The Morgan fingerprint density at radius 3 is 2.62 bits per heavy atom. The van der Waals surface area contributed by atoms with Crippen molar-refractivity contribution < 1.29 is 24.2 Å². The van der Waals surface area contributed by atoms with E-state index in [1.807, 2.05) is 24.3 Å². The van der Waals surface area contributed by atoms with E-state index in [0.29, 0.717) is 0 Å². The number of alkyl carbamates (subject to hydrolysis) is 1. The SMILES string of the molecule is CC(C)(C)OC(=O)N[C@@H](CNC(=O)N[C@@H]1CCc2ccccc21)C(=O)O. The molecular formula is C18H25N3O5. The van der Waals surface area contributed by atoms with Gasteiger partial charge in [-0.05, 0) is 44.7 Å². The molecule has 3 amide bonds. The number of hydrogen-bond donors (Lipinski definition) is 4. The van der Waals surface area contributed by atoms with Crippen LogP contribution in [-0.2, 0) is 16.0 Å². The van der Waals surface area contributed by atoms with Gasteiger partial charge in [0.15, 0.2) is 0 Å². The molecule has 142 valence electrons. The van der Waals surface area contributed by atoms with Crippen molar-refractivity contribution in [2.75, 3.05) is 6.54 Å². The smallest absolute Gasteiger partial charge is 0.408 e. The fourth-order valence-electron chi connectivity index (χ4n) is 2.76. The summed E-state index contributed by atoms with van der Waals surface area (Å²) >= 11 is 0. The first kappa shape index (κ1) is 19.6. The summed E-state index contributed by atoms with van der Waals surface area (Å²) in [7, 11) is 0. The Kier molecular flexibility index (Phi) is 6.07. The Bertz CT molecular complexity index is 684. The number of aliphatic carboxylic acids is 1.